The van der Waals surface area contributed by atoms with Gasteiger partial charge < -0.3 is 10.6 Å². The summed E-state index contributed by atoms with van der Waals surface area (Å²) in [7, 11) is 0. The van der Waals surface area contributed by atoms with Crippen LogP contribution in [0.5, 0.6) is 0 Å². The Balaban J connectivity index is 1.36. The highest BCUT2D eigenvalue weighted by Crippen LogP contribution is 2.71. The number of hydrogen-bond acceptors (Lipinski definition) is 3. The zero-order valence-electron chi connectivity index (χ0n) is 15.1. The molecule has 1 atom stereocenters. The molecule has 5 rings (SSSR count). The minimum atomic E-state index is -4.48. The van der Waals surface area contributed by atoms with E-state index in [1.165, 1.54) is 30.3 Å². The second-order valence-corrected chi connectivity index (χ2v) is 7.94. The summed E-state index contributed by atoms with van der Waals surface area (Å²) in [6.45, 7) is 1.86. The van der Waals surface area contributed by atoms with E-state index >= 15 is 0 Å². The summed E-state index contributed by atoms with van der Waals surface area (Å²) in [5.41, 5.74) is -0.398. The molecule has 1 amide bonds. The van der Waals surface area contributed by atoms with E-state index in [9.17, 15) is 22.4 Å². The van der Waals surface area contributed by atoms with Crippen molar-refractivity contribution in [1.82, 2.24) is 4.98 Å². The van der Waals surface area contributed by atoms with E-state index < -0.39 is 11.9 Å². The van der Waals surface area contributed by atoms with E-state index in [2.05, 4.69) is 15.6 Å². The molecular formula is C20H19F4N3O. The summed E-state index contributed by atoms with van der Waals surface area (Å²) >= 11 is 0. The number of hydrogen-bond donors (Lipinski definition) is 2. The van der Waals surface area contributed by atoms with Crippen molar-refractivity contribution in [2.45, 2.75) is 37.9 Å². The standard InChI is InChI=1S/C20H19F4N3O/c1-12(17(28)26-14-4-2-13(21)3-5-14)18-9-19(10-18,11-18)27-15-6-7-25-16(8-15)20(22,23)24/h2-8,12H,9-11H2,1H3,(H,25,27)(H,26,28)/t12-,18?,19?/m1/s1. The molecule has 3 aliphatic rings. The van der Waals surface area contributed by atoms with E-state index in [0.29, 0.717) is 11.4 Å². The number of anilines is 2. The Bertz CT molecular complexity index is 891. The lowest BCUT2D eigenvalue weighted by Gasteiger charge is -2.72. The first-order valence-corrected chi connectivity index (χ1v) is 8.99. The Morgan fingerprint density at radius 1 is 1.11 bits per heavy atom. The number of nitrogens with one attached hydrogen (secondary N) is 2. The largest absolute Gasteiger partial charge is 0.433 e. The molecule has 1 aromatic heterocycles. The molecule has 0 radical (unpaired) electrons. The number of amides is 1. The number of benzene rings is 1. The number of aromatic nitrogens is 1. The van der Waals surface area contributed by atoms with Gasteiger partial charge in [0.2, 0.25) is 5.91 Å². The maximum Gasteiger partial charge on any atom is 0.433 e. The van der Waals surface area contributed by atoms with E-state index in [4.69, 9.17) is 0 Å². The number of rotatable bonds is 5. The van der Waals surface area contributed by atoms with Gasteiger partial charge in [-0.2, -0.15) is 13.2 Å². The number of carbonyl (C=O) groups is 1. The first kappa shape index (κ1) is 18.7. The summed E-state index contributed by atoms with van der Waals surface area (Å²) in [5.74, 6) is -0.754. The summed E-state index contributed by atoms with van der Waals surface area (Å²) < 4.78 is 51.4. The number of nitrogens with zero attached hydrogens (tertiary/aromatic N) is 1. The maximum atomic E-state index is 13.0. The van der Waals surface area contributed by atoms with Crippen LogP contribution in [0.4, 0.5) is 28.9 Å². The van der Waals surface area contributed by atoms with Gasteiger partial charge in [-0.3, -0.25) is 9.78 Å². The van der Waals surface area contributed by atoms with Crippen LogP contribution in [0.15, 0.2) is 42.6 Å². The summed E-state index contributed by atoms with van der Waals surface area (Å²) in [4.78, 5) is 15.9. The molecule has 2 aromatic rings. The van der Waals surface area contributed by atoms with Crippen molar-refractivity contribution in [2.24, 2.45) is 11.3 Å². The van der Waals surface area contributed by atoms with Gasteiger partial charge in [-0.15, -0.1) is 0 Å². The zero-order chi connectivity index (χ0) is 20.2. The molecule has 0 saturated heterocycles. The van der Waals surface area contributed by atoms with Crippen LogP contribution < -0.4 is 10.6 Å². The molecule has 1 aromatic carbocycles. The molecule has 148 valence electrons. The number of pyridine rings is 1. The van der Waals surface area contributed by atoms with Crippen molar-refractivity contribution in [3.05, 3.63) is 54.1 Å². The van der Waals surface area contributed by atoms with E-state index in [1.54, 1.807) is 0 Å². The molecule has 2 bridgehead atoms. The van der Waals surface area contributed by atoms with Gasteiger partial charge in [0, 0.05) is 29.0 Å². The lowest BCUT2D eigenvalue weighted by molar-refractivity contribution is -0.166. The van der Waals surface area contributed by atoms with Crippen LogP contribution in [0.1, 0.15) is 31.9 Å². The highest BCUT2D eigenvalue weighted by Gasteiger charge is 2.70. The average Bonchev–Trinajstić information content (AvgIpc) is 2.58. The van der Waals surface area contributed by atoms with Crippen LogP contribution in [0.2, 0.25) is 0 Å². The SMILES string of the molecule is C[C@H](C(=O)Nc1ccc(F)cc1)C12CC(Nc3ccnc(C(F)(F)F)c3)(C1)C2. The Kier molecular flexibility index (Phi) is 4.13. The van der Waals surface area contributed by atoms with Crippen molar-refractivity contribution < 1.29 is 22.4 Å². The second-order valence-electron chi connectivity index (χ2n) is 7.94. The van der Waals surface area contributed by atoms with Crippen molar-refractivity contribution in [1.29, 1.82) is 0 Å². The number of halogens is 4. The first-order chi connectivity index (χ1) is 13.1. The topological polar surface area (TPSA) is 54.0 Å². The van der Waals surface area contributed by atoms with Crippen LogP contribution in [-0.2, 0) is 11.0 Å². The van der Waals surface area contributed by atoms with Crippen LogP contribution in [0, 0.1) is 17.2 Å². The second kappa shape index (κ2) is 6.18. The molecule has 8 heteroatoms. The Morgan fingerprint density at radius 2 is 1.75 bits per heavy atom. The normalized spacial score (nSPS) is 26.6. The number of alkyl halides is 3. The fourth-order valence-electron chi connectivity index (χ4n) is 4.49. The Hall–Kier alpha value is -2.64. The van der Waals surface area contributed by atoms with Gasteiger partial charge in [-0.05, 0) is 61.1 Å². The predicted molar refractivity (Wildman–Crippen MR) is 96.1 cm³/mol. The predicted octanol–water partition coefficient (Wildman–Crippen LogP) is 4.85. The molecule has 0 spiro atoms. The van der Waals surface area contributed by atoms with Crippen molar-refractivity contribution in [3.63, 3.8) is 0 Å². The van der Waals surface area contributed by atoms with Crippen molar-refractivity contribution >= 4 is 17.3 Å². The molecule has 0 aliphatic heterocycles. The maximum absolute atomic E-state index is 13.0. The van der Waals surface area contributed by atoms with Gasteiger partial charge in [0.15, 0.2) is 0 Å². The molecule has 0 unspecified atom stereocenters. The third-order valence-corrected chi connectivity index (χ3v) is 5.95. The number of carbonyl (C=O) groups excluding carboxylic acids is 1. The third kappa shape index (κ3) is 3.21. The lowest BCUT2D eigenvalue weighted by Crippen LogP contribution is -2.74. The molecule has 3 saturated carbocycles. The minimum absolute atomic E-state index is 0.136. The zero-order valence-corrected chi connectivity index (χ0v) is 15.1. The monoisotopic (exact) mass is 393 g/mol. The Labute approximate surface area is 159 Å². The molecular weight excluding hydrogens is 374 g/mol. The van der Waals surface area contributed by atoms with E-state index in [1.807, 2.05) is 6.92 Å². The van der Waals surface area contributed by atoms with E-state index in [-0.39, 0.29) is 28.6 Å². The Morgan fingerprint density at radius 3 is 2.36 bits per heavy atom. The molecule has 1 heterocycles. The molecule has 4 nitrogen and oxygen atoms in total. The average molecular weight is 393 g/mol. The van der Waals surface area contributed by atoms with E-state index in [0.717, 1.165) is 31.5 Å². The molecule has 3 aliphatic carbocycles. The third-order valence-electron chi connectivity index (χ3n) is 5.95. The van der Waals surface area contributed by atoms with Crippen LogP contribution in [-0.4, -0.2) is 16.4 Å². The van der Waals surface area contributed by atoms with Gasteiger partial charge in [0.05, 0.1) is 0 Å². The highest BCUT2D eigenvalue weighted by molar-refractivity contribution is 5.93. The fraction of sp³-hybridized carbons (Fsp3) is 0.400. The molecule has 3 fully saturated rings. The summed E-state index contributed by atoms with van der Waals surface area (Å²) in [6.07, 6.45) is -1.17. The van der Waals surface area contributed by atoms with Gasteiger partial charge >= 0.3 is 6.18 Å². The van der Waals surface area contributed by atoms with Gasteiger partial charge in [-0.25, -0.2) is 4.39 Å². The van der Waals surface area contributed by atoms with Gasteiger partial charge in [-0.1, -0.05) is 6.92 Å². The molecule has 28 heavy (non-hydrogen) atoms. The minimum Gasteiger partial charge on any atom is -0.379 e. The quantitative estimate of drug-likeness (QED) is 0.714. The summed E-state index contributed by atoms with van der Waals surface area (Å²) in [5, 5.41) is 5.99. The van der Waals surface area contributed by atoms with Crippen molar-refractivity contribution in [3.8, 4) is 0 Å². The van der Waals surface area contributed by atoms with Crippen molar-refractivity contribution in [2.75, 3.05) is 10.6 Å². The molecule has 2 N–H and O–H groups in total. The fourth-order valence-corrected chi connectivity index (χ4v) is 4.49. The van der Waals surface area contributed by atoms with Crippen LogP contribution in [0.3, 0.4) is 0 Å². The smallest absolute Gasteiger partial charge is 0.379 e. The first-order valence-electron chi connectivity index (χ1n) is 8.99. The van der Waals surface area contributed by atoms with Crippen LogP contribution >= 0.6 is 0 Å². The van der Waals surface area contributed by atoms with Gasteiger partial charge in [0.1, 0.15) is 11.5 Å². The summed E-state index contributed by atoms with van der Waals surface area (Å²) in [6, 6.07) is 8.11. The van der Waals surface area contributed by atoms with Crippen LogP contribution in [0.25, 0.3) is 0 Å². The van der Waals surface area contributed by atoms with Gasteiger partial charge in [0.25, 0.3) is 0 Å². The highest BCUT2D eigenvalue weighted by atomic mass is 19.4. The lowest BCUT2D eigenvalue weighted by atomic mass is 9.36.